The molecule has 6 nitrogen and oxygen atoms in total. The van der Waals surface area contributed by atoms with E-state index in [0.717, 1.165) is 0 Å². The summed E-state index contributed by atoms with van der Waals surface area (Å²) in [6.45, 7) is -0.0233. The third-order valence-electron chi connectivity index (χ3n) is 2.50. The first-order chi connectivity index (χ1) is 7.19. The predicted octanol–water partition coefficient (Wildman–Crippen LogP) is -1.81. The minimum atomic E-state index is -0.763. The molecule has 1 saturated heterocycles. The predicted molar refractivity (Wildman–Crippen MR) is 50.8 cm³/mol. The highest BCUT2D eigenvalue weighted by atomic mass is 16.3. The maximum Gasteiger partial charge on any atom is 0.223 e. The Hall–Kier alpha value is -1.43. The highest BCUT2D eigenvalue weighted by Crippen LogP contribution is 2.16. The monoisotopic (exact) mass is 214 g/mol. The van der Waals surface area contributed by atoms with Gasteiger partial charge in [0.15, 0.2) is 5.78 Å². The highest BCUT2D eigenvalue weighted by molar-refractivity contribution is 5.88. The summed E-state index contributed by atoms with van der Waals surface area (Å²) in [4.78, 5) is 32.7. The Labute approximate surface area is 87.0 Å². The van der Waals surface area contributed by atoms with Gasteiger partial charge in [-0.15, -0.1) is 0 Å². The Bertz CT molecular complexity index is 267. The standard InChI is InChI=1S/C9H14N2O4/c12-4-8(14)7(11-5-13)3-6-1-2-10-9(6)15/h5-7,12H,1-4H2,(H,10,15)(H,11,13). The van der Waals surface area contributed by atoms with Crippen molar-refractivity contribution >= 4 is 18.1 Å². The van der Waals surface area contributed by atoms with E-state index in [4.69, 9.17) is 5.11 Å². The van der Waals surface area contributed by atoms with Crippen LogP contribution in [0.5, 0.6) is 0 Å². The lowest BCUT2D eigenvalue weighted by Crippen LogP contribution is -2.40. The first kappa shape index (κ1) is 11.6. The lowest BCUT2D eigenvalue weighted by atomic mass is 9.96. The van der Waals surface area contributed by atoms with Gasteiger partial charge in [-0.1, -0.05) is 0 Å². The van der Waals surface area contributed by atoms with E-state index in [1.165, 1.54) is 0 Å². The smallest absolute Gasteiger partial charge is 0.223 e. The Kier molecular flexibility index (Phi) is 4.23. The summed E-state index contributed by atoms with van der Waals surface area (Å²) in [7, 11) is 0. The van der Waals surface area contributed by atoms with Crippen molar-refractivity contribution in [1.82, 2.24) is 10.6 Å². The zero-order valence-electron chi connectivity index (χ0n) is 8.23. The minimum absolute atomic E-state index is 0.0987. The van der Waals surface area contributed by atoms with Gasteiger partial charge < -0.3 is 15.7 Å². The number of nitrogens with one attached hydrogen (secondary N) is 2. The van der Waals surface area contributed by atoms with E-state index in [1.807, 2.05) is 0 Å². The summed E-state index contributed by atoms with van der Waals surface area (Å²) in [5.74, 6) is -0.821. The van der Waals surface area contributed by atoms with Crippen LogP contribution in [0.2, 0.25) is 0 Å². The number of amides is 2. The van der Waals surface area contributed by atoms with E-state index >= 15 is 0 Å². The minimum Gasteiger partial charge on any atom is -0.389 e. The van der Waals surface area contributed by atoms with Gasteiger partial charge in [-0.25, -0.2) is 0 Å². The van der Waals surface area contributed by atoms with Crippen molar-refractivity contribution in [1.29, 1.82) is 0 Å². The van der Waals surface area contributed by atoms with Crippen molar-refractivity contribution in [2.75, 3.05) is 13.2 Å². The van der Waals surface area contributed by atoms with E-state index in [-0.39, 0.29) is 18.2 Å². The van der Waals surface area contributed by atoms with E-state index in [2.05, 4.69) is 10.6 Å². The fourth-order valence-electron chi connectivity index (χ4n) is 1.64. The van der Waals surface area contributed by atoms with E-state index in [1.54, 1.807) is 0 Å². The topological polar surface area (TPSA) is 95.5 Å². The zero-order valence-corrected chi connectivity index (χ0v) is 8.23. The van der Waals surface area contributed by atoms with E-state index in [9.17, 15) is 14.4 Å². The number of ketones is 1. The van der Waals surface area contributed by atoms with Crippen LogP contribution in [-0.2, 0) is 14.4 Å². The molecule has 0 aliphatic carbocycles. The fourth-order valence-corrected chi connectivity index (χ4v) is 1.64. The van der Waals surface area contributed by atoms with Crippen LogP contribution in [0.1, 0.15) is 12.8 Å². The average Bonchev–Trinajstić information content (AvgIpc) is 2.63. The molecule has 84 valence electrons. The van der Waals surface area contributed by atoms with Crippen molar-refractivity contribution in [3.8, 4) is 0 Å². The van der Waals surface area contributed by atoms with Crippen LogP contribution in [-0.4, -0.2) is 42.4 Å². The van der Waals surface area contributed by atoms with Gasteiger partial charge in [0.05, 0.1) is 6.04 Å². The number of carbonyl (C=O) groups excluding carboxylic acids is 3. The molecule has 3 N–H and O–H groups in total. The summed E-state index contributed by atoms with van der Waals surface area (Å²) >= 11 is 0. The molecule has 15 heavy (non-hydrogen) atoms. The number of aliphatic hydroxyl groups is 1. The molecule has 0 bridgehead atoms. The normalized spacial score (nSPS) is 21.9. The van der Waals surface area contributed by atoms with Crippen LogP contribution in [0.4, 0.5) is 0 Å². The molecule has 0 aromatic rings. The molecule has 1 aliphatic rings. The van der Waals surface area contributed by atoms with Crippen LogP contribution < -0.4 is 10.6 Å². The van der Waals surface area contributed by atoms with Crippen LogP contribution in [0.15, 0.2) is 0 Å². The van der Waals surface area contributed by atoms with Gasteiger partial charge in [-0.3, -0.25) is 14.4 Å². The first-order valence-corrected chi connectivity index (χ1v) is 4.80. The number of Topliss-reactive ketones (excluding diaryl/α,β-unsaturated/α-hetero) is 1. The van der Waals surface area contributed by atoms with Crippen molar-refractivity contribution in [3.63, 3.8) is 0 Å². The van der Waals surface area contributed by atoms with Crippen molar-refractivity contribution in [2.45, 2.75) is 18.9 Å². The summed E-state index contributed by atoms with van der Waals surface area (Å²) in [5, 5.41) is 13.6. The molecule has 0 spiro atoms. The molecule has 2 unspecified atom stereocenters. The lowest BCUT2D eigenvalue weighted by Gasteiger charge is -2.16. The van der Waals surface area contributed by atoms with Gasteiger partial charge in [0.25, 0.3) is 0 Å². The quantitative estimate of drug-likeness (QED) is 0.454. The van der Waals surface area contributed by atoms with Crippen LogP contribution in [0.3, 0.4) is 0 Å². The molecule has 1 aliphatic heterocycles. The summed E-state index contributed by atoms with van der Waals surface area (Å²) < 4.78 is 0. The molecular formula is C9H14N2O4. The van der Waals surface area contributed by atoms with Crippen molar-refractivity contribution in [3.05, 3.63) is 0 Å². The van der Waals surface area contributed by atoms with Gasteiger partial charge >= 0.3 is 0 Å². The second kappa shape index (κ2) is 5.45. The third-order valence-corrected chi connectivity index (χ3v) is 2.50. The van der Waals surface area contributed by atoms with Crippen LogP contribution in [0, 0.1) is 5.92 Å². The SMILES string of the molecule is O=CNC(CC1CCNC1=O)C(=O)CO. The first-order valence-electron chi connectivity index (χ1n) is 4.80. The highest BCUT2D eigenvalue weighted by Gasteiger charge is 2.29. The summed E-state index contributed by atoms with van der Waals surface area (Å²) in [6, 6.07) is -0.763. The molecule has 0 aromatic heterocycles. The number of carbonyl (C=O) groups is 3. The molecule has 0 radical (unpaired) electrons. The molecule has 1 rings (SSSR count). The second-order valence-electron chi connectivity index (χ2n) is 3.47. The average molecular weight is 214 g/mol. The Morgan fingerprint density at radius 2 is 2.47 bits per heavy atom. The summed E-state index contributed by atoms with van der Waals surface area (Å²) in [6.07, 6.45) is 1.32. The lowest BCUT2D eigenvalue weighted by molar-refractivity contribution is -0.127. The van der Waals surface area contributed by atoms with E-state index in [0.29, 0.717) is 19.4 Å². The van der Waals surface area contributed by atoms with E-state index < -0.39 is 18.4 Å². The van der Waals surface area contributed by atoms with Gasteiger partial charge in [0.2, 0.25) is 12.3 Å². The second-order valence-corrected chi connectivity index (χ2v) is 3.47. The third kappa shape index (κ3) is 3.02. The van der Waals surface area contributed by atoms with Crippen molar-refractivity contribution < 1.29 is 19.5 Å². The largest absolute Gasteiger partial charge is 0.389 e. The van der Waals surface area contributed by atoms with Crippen molar-refractivity contribution in [2.24, 2.45) is 5.92 Å². The maximum atomic E-state index is 11.2. The molecule has 2 amide bonds. The van der Waals surface area contributed by atoms with Gasteiger partial charge in [0.1, 0.15) is 6.61 Å². The Morgan fingerprint density at radius 3 is 2.93 bits per heavy atom. The fraction of sp³-hybridized carbons (Fsp3) is 0.667. The van der Waals surface area contributed by atoms with Gasteiger partial charge in [-0.05, 0) is 12.8 Å². The molecular weight excluding hydrogens is 200 g/mol. The number of rotatable bonds is 6. The molecule has 6 heteroatoms. The molecule has 1 heterocycles. The maximum absolute atomic E-state index is 11.2. The zero-order chi connectivity index (χ0) is 11.3. The molecule has 0 saturated carbocycles. The summed E-state index contributed by atoms with van der Waals surface area (Å²) in [5.41, 5.74) is 0. The number of hydrogen-bond donors (Lipinski definition) is 3. The molecule has 2 atom stereocenters. The molecule has 0 aromatic carbocycles. The van der Waals surface area contributed by atoms with Crippen LogP contribution >= 0.6 is 0 Å². The number of aliphatic hydroxyl groups excluding tert-OH is 1. The molecule has 1 fully saturated rings. The Morgan fingerprint density at radius 1 is 1.73 bits per heavy atom. The van der Waals surface area contributed by atoms with Crippen LogP contribution in [0.25, 0.3) is 0 Å². The number of hydrogen-bond acceptors (Lipinski definition) is 4. The Balaban J connectivity index is 2.53. The van der Waals surface area contributed by atoms with Gasteiger partial charge in [-0.2, -0.15) is 0 Å². The van der Waals surface area contributed by atoms with Gasteiger partial charge in [0, 0.05) is 12.5 Å².